The molecule has 1 aliphatic heterocycles. The molecule has 2 N–H and O–H groups in total. The number of benzene rings is 1. The van der Waals surface area contributed by atoms with E-state index < -0.39 is 0 Å². The van der Waals surface area contributed by atoms with Gasteiger partial charge in [0.15, 0.2) is 0 Å². The van der Waals surface area contributed by atoms with E-state index in [9.17, 15) is 0 Å². The highest BCUT2D eigenvalue weighted by atomic mass is 79.9. The zero-order valence-electron chi connectivity index (χ0n) is 10.4. The number of fused-ring (bicyclic) bond motifs is 1. The van der Waals surface area contributed by atoms with E-state index in [1.165, 1.54) is 23.2 Å². The van der Waals surface area contributed by atoms with Crippen LogP contribution in [-0.4, -0.2) is 9.55 Å². The Morgan fingerprint density at radius 3 is 3.06 bits per heavy atom. The van der Waals surface area contributed by atoms with Gasteiger partial charge in [0.25, 0.3) is 0 Å². The van der Waals surface area contributed by atoms with Crippen LogP contribution in [0.3, 0.4) is 0 Å². The zero-order chi connectivity index (χ0) is 12.7. The number of imidazole rings is 1. The number of hydrogen-bond acceptors (Lipinski definition) is 2. The summed E-state index contributed by atoms with van der Waals surface area (Å²) in [5.41, 5.74) is 10.7. The van der Waals surface area contributed by atoms with Gasteiger partial charge in [-0.1, -0.05) is 22.0 Å². The van der Waals surface area contributed by atoms with E-state index in [0.717, 1.165) is 29.0 Å². The molecule has 0 saturated heterocycles. The lowest BCUT2D eigenvalue weighted by Gasteiger charge is -2.05. The van der Waals surface area contributed by atoms with Crippen LogP contribution in [0.2, 0.25) is 0 Å². The highest BCUT2D eigenvalue weighted by molar-refractivity contribution is 9.10. The molecule has 1 aromatic carbocycles. The Kier molecular flexibility index (Phi) is 2.99. The van der Waals surface area contributed by atoms with Crippen molar-refractivity contribution in [2.75, 3.05) is 0 Å². The van der Waals surface area contributed by atoms with Gasteiger partial charge < -0.3 is 10.3 Å². The highest BCUT2D eigenvalue weighted by Gasteiger charge is 2.22. The van der Waals surface area contributed by atoms with Crippen molar-refractivity contribution < 1.29 is 0 Å². The molecule has 0 fully saturated rings. The van der Waals surface area contributed by atoms with Crippen LogP contribution >= 0.6 is 15.9 Å². The summed E-state index contributed by atoms with van der Waals surface area (Å²) in [4.78, 5) is 4.74. The van der Waals surface area contributed by atoms with Crippen LogP contribution < -0.4 is 5.73 Å². The van der Waals surface area contributed by atoms with Gasteiger partial charge in [-0.3, -0.25) is 0 Å². The Bertz CT molecular complexity index is 601. The van der Waals surface area contributed by atoms with Crippen molar-refractivity contribution in [3.63, 3.8) is 0 Å². The predicted octanol–water partition coefficient (Wildman–Crippen LogP) is 3.03. The summed E-state index contributed by atoms with van der Waals surface area (Å²) >= 11 is 3.54. The quantitative estimate of drug-likeness (QED) is 0.927. The van der Waals surface area contributed by atoms with Gasteiger partial charge in [0.1, 0.15) is 5.82 Å². The fourth-order valence-electron chi connectivity index (χ4n) is 2.68. The molecule has 0 atom stereocenters. The van der Waals surface area contributed by atoms with Gasteiger partial charge in [-0.05, 0) is 37.5 Å². The molecule has 0 amide bonds. The molecular weight excluding hydrogens is 290 g/mol. The third-order valence-electron chi connectivity index (χ3n) is 3.58. The fourth-order valence-corrected chi connectivity index (χ4v) is 3.04. The number of aryl methyl sites for hydroxylation is 1. The molecule has 1 aromatic heterocycles. The summed E-state index contributed by atoms with van der Waals surface area (Å²) in [5, 5.41) is 0. The van der Waals surface area contributed by atoms with E-state index in [-0.39, 0.29) is 0 Å². The molecule has 1 aliphatic rings. The standard InChI is InChI=1S/C14H16BrN3/c1-9-4-5-10(15)7-11(9)14-12-3-2-6-18(12)13(8-16)17-14/h4-5,7H,2-3,6,8,16H2,1H3. The maximum absolute atomic E-state index is 5.79. The third kappa shape index (κ3) is 1.80. The molecule has 0 spiro atoms. The maximum Gasteiger partial charge on any atom is 0.123 e. The molecule has 0 radical (unpaired) electrons. The maximum atomic E-state index is 5.79. The molecule has 3 rings (SSSR count). The number of aromatic nitrogens is 2. The first-order chi connectivity index (χ1) is 8.70. The Morgan fingerprint density at radius 2 is 2.28 bits per heavy atom. The van der Waals surface area contributed by atoms with Crippen LogP contribution in [0.5, 0.6) is 0 Å². The molecule has 4 heteroatoms. The average Bonchev–Trinajstić information content (AvgIpc) is 2.93. The van der Waals surface area contributed by atoms with Gasteiger partial charge in [0, 0.05) is 22.3 Å². The summed E-state index contributed by atoms with van der Waals surface area (Å²) in [6.45, 7) is 3.70. The van der Waals surface area contributed by atoms with Crippen LogP contribution in [-0.2, 0) is 19.5 Å². The van der Waals surface area contributed by atoms with Gasteiger partial charge in [0.2, 0.25) is 0 Å². The highest BCUT2D eigenvalue weighted by Crippen LogP contribution is 2.32. The van der Waals surface area contributed by atoms with Gasteiger partial charge in [-0.25, -0.2) is 4.98 Å². The van der Waals surface area contributed by atoms with Gasteiger partial charge in [0.05, 0.1) is 12.2 Å². The second kappa shape index (κ2) is 4.52. The van der Waals surface area contributed by atoms with Crippen LogP contribution in [0.1, 0.15) is 23.5 Å². The van der Waals surface area contributed by atoms with Crippen molar-refractivity contribution in [3.05, 3.63) is 39.8 Å². The lowest BCUT2D eigenvalue weighted by molar-refractivity contribution is 0.689. The monoisotopic (exact) mass is 305 g/mol. The minimum absolute atomic E-state index is 0.514. The molecule has 2 aromatic rings. The molecule has 2 heterocycles. The lowest BCUT2D eigenvalue weighted by Crippen LogP contribution is -2.06. The SMILES string of the molecule is Cc1ccc(Br)cc1-c1nc(CN)n2c1CCC2. The van der Waals surface area contributed by atoms with E-state index in [2.05, 4.69) is 45.6 Å². The number of hydrogen-bond donors (Lipinski definition) is 1. The molecular formula is C14H16BrN3. The van der Waals surface area contributed by atoms with Crippen LogP contribution in [0, 0.1) is 6.92 Å². The van der Waals surface area contributed by atoms with E-state index in [0.29, 0.717) is 6.54 Å². The van der Waals surface area contributed by atoms with Crippen molar-refractivity contribution in [2.24, 2.45) is 5.73 Å². The van der Waals surface area contributed by atoms with Crippen molar-refractivity contribution >= 4 is 15.9 Å². The number of nitrogens with two attached hydrogens (primary N) is 1. The summed E-state index contributed by atoms with van der Waals surface area (Å²) < 4.78 is 3.38. The minimum atomic E-state index is 0.514. The molecule has 0 aliphatic carbocycles. The normalized spacial score (nSPS) is 13.9. The third-order valence-corrected chi connectivity index (χ3v) is 4.08. The molecule has 0 bridgehead atoms. The van der Waals surface area contributed by atoms with Crippen LogP contribution in [0.25, 0.3) is 11.3 Å². The molecule has 94 valence electrons. The number of rotatable bonds is 2. The predicted molar refractivity (Wildman–Crippen MR) is 76.3 cm³/mol. The van der Waals surface area contributed by atoms with Gasteiger partial charge in [-0.15, -0.1) is 0 Å². The second-order valence-electron chi connectivity index (χ2n) is 4.74. The second-order valence-corrected chi connectivity index (χ2v) is 5.66. The molecule has 0 saturated carbocycles. The molecule has 0 unspecified atom stereocenters. The lowest BCUT2D eigenvalue weighted by atomic mass is 10.0. The van der Waals surface area contributed by atoms with E-state index in [1.807, 2.05) is 0 Å². The Morgan fingerprint density at radius 1 is 1.44 bits per heavy atom. The van der Waals surface area contributed by atoms with Crippen molar-refractivity contribution in [1.29, 1.82) is 0 Å². The van der Waals surface area contributed by atoms with E-state index in [4.69, 9.17) is 10.7 Å². The van der Waals surface area contributed by atoms with Gasteiger partial charge in [-0.2, -0.15) is 0 Å². The summed E-state index contributed by atoms with van der Waals surface area (Å²) in [6.07, 6.45) is 2.30. The van der Waals surface area contributed by atoms with Crippen molar-refractivity contribution in [2.45, 2.75) is 32.9 Å². The average molecular weight is 306 g/mol. The topological polar surface area (TPSA) is 43.8 Å². The fraction of sp³-hybridized carbons (Fsp3) is 0.357. The smallest absolute Gasteiger partial charge is 0.123 e. The summed E-state index contributed by atoms with van der Waals surface area (Å²) in [5.74, 6) is 1.01. The molecule has 18 heavy (non-hydrogen) atoms. The first-order valence-corrected chi connectivity index (χ1v) is 7.05. The Balaban J connectivity index is 2.20. The van der Waals surface area contributed by atoms with Crippen molar-refractivity contribution in [3.8, 4) is 11.3 Å². The van der Waals surface area contributed by atoms with Gasteiger partial charge >= 0.3 is 0 Å². The first kappa shape index (κ1) is 11.9. The zero-order valence-corrected chi connectivity index (χ0v) is 12.0. The number of nitrogens with zero attached hydrogens (tertiary/aromatic N) is 2. The van der Waals surface area contributed by atoms with Crippen LogP contribution in [0.4, 0.5) is 0 Å². The first-order valence-electron chi connectivity index (χ1n) is 6.25. The minimum Gasteiger partial charge on any atom is -0.330 e. The largest absolute Gasteiger partial charge is 0.330 e. The number of halogens is 1. The summed E-state index contributed by atoms with van der Waals surface area (Å²) in [7, 11) is 0. The Labute approximate surface area is 115 Å². The summed E-state index contributed by atoms with van der Waals surface area (Å²) in [6, 6.07) is 6.35. The Hall–Kier alpha value is -1.13. The van der Waals surface area contributed by atoms with Crippen molar-refractivity contribution in [1.82, 2.24) is 9.55 Å². The van der Waals surface area contributed by atoms with Crippen LogP contribution in [0.15, 0.2) is 22.7 Å². The van der Waals surface area contributed by atoms with E-state index >= 15 is 0 Å². The molecule has 3 nitrogen and oxygen atoms in total. The van der Waals surface area contributed by atoms with E-state index in [1.54, 1.807) is 0 Å².